The summed E-state index contributed by atoms with van der Waals surface area (Å²) in [7, 11) is 1.71. The normalized spacial score (nSPS) is 18.7. The highest BCUT2D eigenvalue weighted by atomic mass is 32.1. The number of aliphatic carboxylic acids is 1. The summed E-state index contributed by atoms with van der Waals surface area (Å²) in [4.78, 5) is 14.4. The van der Waals surface area contributed by atoms with E-state index in [4.69, 9.17) is 0 Å². The van der Waals surface area contributed by atoms with Crippen LogP contribution in [0.3, 0.4) is 0 Å². The maximum absolute atomic E-state index is 11.5. The van der Waals surface area contributed by atoms with E-state index in [0.29, 0.717) is 12.5 Å². The fourth-order valence-electron chi connectivity index (χ4n) is 2.27. The van der Waals surface area contributed by atoms with Crippen molar-refractivity contribution in [1.29, 1.82) is 0 Å². The number of aryl methyl sites for hydroxylation is 1. The zero-order valence-electron chi connectivity index (χ0n) is 9.65. The van der Waals surface area contributed by atoms with Gasteiger partial charge in [0.1, 0.15) is 0 Å². The van der Waals surface area contributed by atoms with Crippen LogP contribution in [-0.4, -0.2) is 37.8 Å². The number of nitrogens with zero attached hydrogens (tertiary/aromatic N) is 5. The molecule has 0 bridgehead atoms. The third kappa shape index (κ3) is 1.57. The van der Waals surface area contributed by atoms with E-state index < -0.39 is 12.0 Å². The third-order valence-corrected chi connectivity index (χ3v) is 4.05. The number of thiophene rings is 1. The maximum Gasteiger partial charge on any atom is 0.331 e. The molecule has 7 nitrogen and oxygen atoms in total. The molecule has 0 saturated carbocycles. The van der Waals surface area contributed by atoms with Crippen LogP contribution in [0.15, 0.2) is 11.4 Å². The van der Waals surface area contributed by atoms with Crippen LogP contribution >= 0.6 is 11.3 Å². The van der Waals surface area contributed by atoms with Crippen molar-refractivity contribution < 1.29 is 9.90 Å². The molecule has 0 radical (unpaired) electrons. The number of hydrogen-bond acceptors (Lipinski definition) is 6. The zero-order chi connectivity index (χ0) is 12.7. The van der Waals surface area contributed by atoms with E-state index in [0.717, 1.165) is 16.9 Å². The second-order valence-electron chi connectivity index (χ2n) is 4.09. The summed E-state index contributed by atoms with van der Waals surface area (Å²) < 4.78 is 1.49. The molecule has 0 amide bonds. The van der Waals surface area contributed by atoms with Gasteiger partial charge in [0.05, 0.1) is 0 Å². The SMILES string of the molecule is Cn1nnnc1N1CCc2sccc2C1C(=O)O. The van der Waals surface area contributed by atoms with Gasteiger partial charge >= 0.3 is 5.97 Å². The monoisotopic (exact) mass is 265 g/mol. The number of carboxylic acid groups (broad SMARTS) is 1. The number of tetrazole rings is 1. The molecular formula is C10H11N5O2S. The van der Waals surface area contributed by atoms with Gasteiger partial charge in [0.25, 0.3) is 0 Å². The van der Waals surface area contributed by atoms with Crippen LogP contribution in [0.2, 0.25) is 0 Å². The molecule has 0 aromatic carbocycles. The highest BCUT2D eigenvalue weighted by Crippen LogP contribution is 2.35. The van der Waals surface area contributed by atoms with E-state index in [2.05, 4.69) is 15.5 Å². The maximum atomic E-state index is 11.5. The van der Waals surface area contributed by atoms with E-state index in [-0.39, 0.29) is 0 Å². The van der Waals surface area contributed by atoms with Gasteiger partial charge < -0.3 is 10.0 Å². The molecule has 2 aromatic heterocycles. The first kappa shape index (κ1) is 11.1. The molecule has 8 heteroatoms. The molecule has 1 unspecified atom stereocenters. The second-order valence-corrected chi connectivity index (χ2v) is 5.09. The highest BCUT2D eigenvalue weighted by molar-refractivity contribution is 7.10. The number of carbonyl (C=O) groups is 1. The van der Waals surface area contributed by atoms with Crippen LogP contribution in [0.1, 0.15) is 16.5 Å². The fraction of sp³-hybridized carbons (Fsp3) is 0.400. The lowest BCUT2D eigenvalue weighted by Gasteiger charge is -2.32. The number of rotatable bonds is 2. The standard InChI is InChI=1S/C10H11N5O2S/c1-14-10(11-12-13-14)15-4-2-7-6(3-5-18-7)8(15)9(16)17/h3,5,8H,2,4H2,1H3,(H,16,17). The zero-order valence-corrected chi connectivity index (χ0v) is 10.5. The molecule has 1 aliphatic rings. The molecule has 3 heterocycles. The number of fused-ring (bicyclic) bond motifs is 1. The first-order valence-corrected chi connectivity index (χ1v) is 6.34. The Labute approximate surface area is 107 Å². The molecule has 1 aliphatic heterocycles. The van der Waals surface area contributed by atoms with Crippen molar-refractivity contribution >= 4 is 23.3 Å². The Morgan fingerprint density at radius 1 is 1.61 bits per heavy atom. The molecule has 94 valence electrons. The summed E-state index contributed by atoms with van der Waals surface area (Å²) in [5, 5.41) is 22.6. The largest absolute Gasteiger partial charge is 0.479 e. The molecule has 1 atom stereocenters. The minimum absolute atomic E-state index is 0.485. The summed E-state index contributed by atoms with van der Waals surface area (Å²) in [6.45, 7) is 0.610. The first-order chi connectivity index (χ1) is 8.68. The third-order valence-electron chi connectivity index (χ3n) is 3.05. The average Bonchev–Trinajstić information content (AvgIpc) is 2.95. The minimum atomic E-state index is -0.877. The van der Waals surface area contributed by atoms with E-state index in [1.54, 1.807) is 23.3 Å². The lowest BCUT2D eigenvalue weighted by atomic mass is 10.0. The van der Waals surface area contributed by atoms with Crippen LogP contribution in [0, 0.1) is 0 Å². The number of carboxylic acids is 1. The molecule has 0 saturated heterocycles. The smallest absolute Gasteiger partial charge is 0.331 e. The summed E-state index contributed by atoms with van der Waals surface area (Å²) in [6, 6.07) is 1.17. The Morgan fingerprint density at radius 3 is 3.11 bits per heavy atom. The van der Waals surface area contributed by atoms with Crippen molar-refractivity contribution in [2.45, 2.75) is 12.5 Å². The summed E-state index contributed by atoms with van der Waals surface area (Å²) >= 11 is 1.60. The molecule has 0 aliphatic carbocycles. The average molecular weight is 265 g/mol. The van der Waals surface area contributed by atoms with Crippen LogP contribution in [0.5, 0.6) is 0 Å². The van der Waals surface area contributed by atoms with Crippen molar-refractivity contribution in [2.24, 2.45) is 7.05 Å². The van der Waals surface area contributed by atoms with Gasteiger partial charge in [-0.25, -0.2) is 9.48 Å². The lowest BCUT2D eigenvalue weighted by molar-refractivity contribution is -0.138. The quantitative estimate of drug-likeness (QED) is 0.849. The Kier molecular flexibility index (Phi) is 2.51. The van der Waals surface area contributed by atoms with E-state index in [9.17, 15) is 9.90 Å². The Morgan fingerprint density at radius 2 is 2.44 bits per heavy atom. The van der Waals surface area contributed by atoms with Gasteiger partial charge in [-0.3, -0.25) is 0 Å². The van der Waals surface area contributed by atoms with Gasteiger partial charge in [0.15, 0.2) is 6.04 Å². The van der Waals surface area contributed by atoms with Gasteiger partial charge in [-0.1, -0.05) is 5.10 Å². The van der Waals surface area contributed by atoms with Crippen molar-refractivity contribution in [1.82, 2.24) is 20.2 Å². The number of anilines is 1. The fourth-order valence-corrected chi connectivity index (χ4v) is 3.17. The van der Waals surface area contributed by atoms with E-state index >= 15 is 0 Å². The predicted molar refractivity (Wildman–Crippen MR) is 64.5 cm³/mol. The van der Waals surface area contributed by atoms with Gasteiger partial charge in [-0.2, -0.15) is 0 Å². The number of aromatic nitrogens is 4. The Hall–Kier alpha value is -1.96. The van der Waals surface area contributed by atoms with Gasteiger partial charge in [-0.15, -0.1) is 11.3 Å². The predicted octanol–water partition coefficient (Wildman–Crippen LogP) is 0.460. The summed E-state index contributed by atoms with van der Waals surface area (Å²) in [6.07, 6.45) is 0.823. The summed E-state index contributed by atoms with van der Waals surface area (Å²) in [5.74, 6) is -0.392. The van der Waals surface area contributed by atoms with Gasteiger partial charge in [0, 0.05) is 18.5 Å². The molecular weight excluding hydrogens is 254 g/mol. The Balaban J connectivity index is 2.07. The molecule has 3 rings (SSSR count). The summed E-state index contributed by atoms with van der Waals surface area (Å²) in [5.41, 5.74) is 0.849. The molecule has 0 spiro atoms. The van der Waals surface area contributed by atoms with E-state index in [1.807, 2.05) is 11.4 Å². The molecule has 1 N–H and O–H groups in total. The van der Waals surface area contributed by atoms with Crippen LogP contribution in [0.4, 0.5) is 5.95 Å². The topological polar surface area (TPSA) is 84.1 Å². The second kappa shape index (κ2) is 4.05. The first-order valence-electron chi connectivity index (χ1n) is 5.46. The van der Waals surface area contributed by atoms with Crippen LogP contribution < -0.4 is 4.90 Å². The molecule has 0 fully saturated rings. The minimum Gasteiger partial charge on any atom is -0.479 e. The van der Waals surface area contributed by atoms with E-state index in [1.165, 1.54) is 4.68 Å². The van der Waals surface area contributed by atoms with Crippen molar-refractivity contribution in [3.8, 4) is 0 Å². The molecule has 18 heavy (non-hydrogen) atoms. The van der Waals surface area contributed by atoms with Crippen molar-refractivity contribution in [2.75, 3.05) is 11.4 Å². The number of hydrogen-bond donors (Lipinski definition) is 1. The van der Waals surface area contributed by atoms with Gasteiger partial charge in [-0.05, 0) is 33.9 Å². The molecule has 2 aromatic rings. The Bertz CT molecular complexity index is 593. The van der Waals surface area contributed by atoms with Crippen molar-refractivity contribution in [3.63, 3.8) is 0 Å². The van der Waals surface area contributed by atoms with Crippen LogP contribution in [-0.2, 0) is 18.3 Å². The lowest BCUT2D eigenvalue weighted by Crippen LogP contribution is -2.40. The van der Waals surface area contributed by atoms with Crippen LogP contribution in [0.25, 0.3) is 0 Å². The van der Waals surface area contributed by atoms with Gasteiger partial charge in [0.2, 0.25) is 5.95 Å². The highest BCUT2D eigenvalue weighted by Gasteiger charge is 2.36. The van der Waals surface area contributed by atoms with Crippen molar-refractivity contribution in [3.05, 3.63) is 21.9 Å².